The number of amides is 1. The van der Waals surface area contributed by atoms with Crippen LogP contribution in [-0.2, 0) is 10.0 Å². The number of carbonyl (C=O) groups excluding carboxylic acids is 1. The van der Waals surface area contributed by atoms with Crippen molar-refractivity contribution in [2.24, 2.45) is 0 Å². The summed E-state index contributed by atoms with van der Waals surface area (Å²) in [4.78, 5) is 14.4. The fourth-order valence-corrected chi connectivity index (χ4v) is 4.91. The van der Waals surface area contributed by atoms with Crippen LogP contribution >= 0.6 is 0 Å². The summed E-state index contributed by atoms with van der Waals surface area (Å²) >= 11 is 0. The summed E-state index contributed by atoms with van der Waals surface area (Å²) in [6, 6.07) is 11.8. The second-order valence-electron chi connectivity index (χ2n) is 6.79. The molecule has 1 fully saturated rings. The van der Waals surface area contributed by atoms with Crippen molar-refractivity contribution in [2.45, 2.75) is 36.2 Å². The van der Waals surface area contributed by atoms with Crippen LogP contribution < -0.4 is 4.72 Å². The fourth-order valence-electron chi connectivity index (χ4n) is 3.78. The van der Waals surface area contributed by atoms with E-state index in [1.54, 1.807) is 18.2 Å². The average Bonchev–Trinajstić information content (AvgIpc) is 2.89. The van der Waals surface area contributed by atoms with Crippen molar-refractivity contribution in [3.63, 3.8) is 0 Å². The Labute approximate surface area is 157 Å². The number of nitrogens with zero attached hydrogens (tertiary/aromatic N) is 1. The Morgan fingerprint density at radius 1 is 1.11 bits per heavy atom. The van der Waals surface area contributed by atoms with E-state index in [2.05, 4.69) is 16.9 Å². The average molecular weight is 386 g/mol. The third kappa shape index (κ3) is 3.35. The standard InChI is InChI=1S/C20H19FN2O3S/c21-18-9-1-2-10-19(18)27(25,26)22-15-6-3-5-14(13-15)20(24)23-16-7-4-8-17(23)12-11-16/h1-7,9-10,13,16-17,22H,8,11-12H2. The van der Waals surface area contributed by atoms with Gasteiger partial charge in [-0.25, -0.2) is 12.8 Å². The predicted molar refractivity (Wildman–Crippen MR) is 100 cm³/mol. The Morgan fingerprint density at radius 3 is 2.70 bits per heavy atom. The maximum absolute atomic E-state index is 13.8. The number of nitrogens with one attached hydrogen (secondary N) is 1. The molecule has 2 atom stereocenters. The van der Waals surface area contributed by atoms with Gasteiger partial charge in [-0.2, -0.15) is 0 Å². The first-order valence-electron chi connectivity index (χ1n) is 8.82. The number of benzene rings is 2. The highest BCUT2D eigenvalue weighted by molar-refractivity contribution is 7.92. The summed E-state index contributed by atoms with van der Waals surface area (Å²) in [5, 5.41) is 0. The van der Waals surface area contributed by atoms with E-state index in [0.29, 0.717) is 5.56 Å². The third-order valence-electron chi connectivity index (χ3n) is 5.04. The molecule has 1 N–H and O–H groups in total. The van der Waals surface area contributed by atoms with E-state index in [4.69, 9.17) is 0 Å². The van der Waals surface area contributed by atoms with Crippen LogP contribution in [0.2, 0.25) is 0 Å². The second kappa shape index (κ2) is 6.81. The van der Waals surface area contributed by atoms with Gasteiger partial charge in [0.15, 0.2) is 0 Å². The van der Waals surface area contributed by atoms with Crippen molar-refractivity contribution in [3.05, 3.63) is 72.1 Å². The Hall–Kier alpha value is -2.67. The molecule has 2 aliphatic heterocycles. The first kappa shape index (κ1) is 17.7. The van der Waals surface area contributed by atoms with Crippen LogP contribution in [0, 0.1) is 5.82 Å². The van der Waals surface area contributed by atoms with Crippen molar-refractivity contribution in [1.82, 2.24) is 4.90 Å². The SMILES string of the molecule is O=C(c1cccc(NS(=O)(=O)c2ccccc2F)c1)N1C2C=CCC1CC2. The molecule has 1 saturated heterocycles. The third-order valence-corrected chi connectivity index (χ3v) is 6.45. The van der Waals surface area contributed by atoms with E-state index in [1.807, 2.05) is 4.90 Å². The maximum Gasteiger partial charge on any atom is 0.264 e. The summed E-state index contributed by atoms with van der Waals surface area (Å²) in [6.45, 7) is 0. The topological polar surface area (TPSA) is 66.5 Å². The van der Waals surface area contributed by atoms with Crippen molar-refractivity contribution in [3.8, 4) is 0 Å². The van der Waals surface area contributed by atoms with Crippen molar-refractivity contribution in [1.29, 1.82) is 0 Å². The van der Waals surface area contributed by atoms with Crippen LogP contribution in [-0.4, -0.2) is 31.3 Å². The zero-order valence-corrected chi connectivity index (χ0v) is 15.3. The van der Waals surface area contributed by atoms with E-state index >= 15 is 0 Å². The molecule has 5 nitrogen and oxygen atoms in total. The monoisotopic (exact) mass is 386 g/mol. The summed E-state index contributed by atoms with van der Waals surface area (Å²) in [5.74, 6) is -0.937. The molecule has 2 bridgehead atoms. The smallest absolute Gasteiger partial charge is 0.264 e. The van der Waals surface area contributed by atoms with Crippen molar-refractivity contribution >= 4 is 21.6 Å². The largest absolute Gasteiger partial charge is 0.329 e. The van der Waals surface area contributed by atoms with Gasteiger partial charge in [-0.3, -0.25) is 9.52 Å². The maximum atomic E-state index is 13.8. The number of hydrogen-bond acceptors (Lipinski definition) is 3. The number of sulfonamides is 1. The zero-order chi connectivity index (χ0) is 19.0. The van der Waals surface area contributed by atoms with Crippen LogP contribution in [0.3, 0.4) is 0 Å². The quantitative estimate of drug-likeness (QED) is 0.817. The lowest BCUT2D eigenvalue weighted by Crippen LogP contribution is -2.42. The molecule has 4 rings (SSSR count). The normalized spacial score (nSPS) is 21.3. The fraction of sp³-hybridized carbons (Fsp3) is 0.250. The molecule has 0 radical (unpaired) electrons. The van der Waals surface area contributed by atoms with Crippen LogP contribution in [0.15, 0.2) is 65.6 Å². The van der Waals surface area contributed by atoms with E-state index in [9.17, 15) is 17.6 Å². The molecule has 0 aromatic heterocycles. The molecule has 27 heavy (non-hydrogen) atoms. The number of hydrogen-bond donors (Lipinski definition) is 1. The number of anilines is 1. The first-order chi connectivity index (χ1) is 13.0. The summed E-state index contributed by atoms with van der Waals surface area (Å²) in [5.41, 5.74) is 0.639. The highest BCUT2D eigenvalue weighted by Gasteiger charge is 2.37. The van der Waals surface area contributed by atoms with Gasteiger partial charge in [0.1, 0.15) is 10.7 Å². The summed E-state index contributed by atoms with van der Waals surface area (Å²) < 4.78 is 41.1. The number of halogens is 1. The van der Waals surface area contributed by atoms with Gasteiger partial charge < -0.3 is 4.90 Å². The van der Waals surface area contributed by atoms with E-state index in [1.165, 1.54) is 24.3 Å². The minimum Gasteiger partial charge on any atom is -0.329 e. The Balaban J connectivity index is 1.59. The second-order valence-corrected chi connectivity index (χ2v) is 8.44. The molecule has 0 aliphatic carbocycles. The number of fused-ring (bicyclic) bond motifs is 2. The van der Waals surface area contributed by atoms with Gasteiger partial charge in [0.2, 0.25) is 0 Å². The number of rotatable bonds is 4. The Kier molecular flexibility index (Phi) is 4.47. The molecule has 1 amide bonds. The Bertz CT molecular complexity index is 1020. The summed E-state index contributed by atoms with van der Waals surface area (Å²) in [6.07, 6.45) is 6.95. The molecule has 2 aliphatic rings. The molecule has 2 unspecified atom stereocenters. The first-order valence-corrected chi connectivity index (χ1v) is 10.3. The van der Waals surface area contributed by atoms with Gasteiger partial charge in [-0.15, -0.1) is 0 Å². The molecular weight excluding hydrogens is 367 g/mol. The van der Waals surface area contributed by atoms with Crippen molar-refractivity contribution in [2.75, 3.05) is 4.72 Å². The minimum atomic E-state index is -4.08. The molecule has 0 saturated carbocycles. The molecule has 2 heterocycles. The highest BCUT2D eigenvalue weighted by Crippen LogP contribution is 2.33. The molecule has 7 heteroatoms. The van der Waals surface area contributed by atoms with E-state index in [-0.39, 0.29) is 23.7 Å². The van der Waals surface area contributed by atoms with Gasteiger partial charge >= 0.3 is 0 Å². The lowest BCUT2D eigenvalue weighted by atomic mass is 10.1. The van der Waals surface area contributed by atoms with Gasteiger partial charge in [0.25, 0.3) is 15.9 Å². The van der Waals surface area contributed by atoms with E-state index in [0.717, 1.165) is 25.3 Å². The zero-order valence-electron chi connectivity index (χ0n) is 14.5. The van der Waals surface area contributed by atoms with Crippen LogP contribution in [0.5, 0.6) is 0 Å². The van der Waals surface area contributed by atoms with Gasteiger partial charge in [0.05, 0.1) is 6.04 Å². The lowest BCUT2D eigenvalue weighted by molar-refractivity contribution is 0.0689. The summed E-state index contributed by atoms with van der Waals surface area (Å²) in [7, 11) is -4.08. The van der Waals surface area contributed by atoms with Gasteiger partial charge in [-0.05, 0) is 49.6 Å². The lowest BCUT2D eigenvalue weighted by Gasteiger charge is -2.31. The number of carbonyl (C=O) groups is 1. The molecule has 0 spiro atoms. The van der Waals surface area contributed by atoms with Crippen LogP contribution in [0.1, 0.15) is 29.6 Å². The molecular formula is C20H19FN2O3S. The molecule has 2 aromatic rings. The predicted octanol–water partition coefficient (Wildman–Crippen LogP) is 3.56. The van der Waals surface area contributed by atoms with Crippen LogP contribution in [0.25, 0.3) is 0 Å². The van der Waals surface area contributed by atoms with Crippen LogP contribution in [0.4, 0.5) is 10.1 Å². The van der Waals surface area contributed by atoms with E-state index < -0.39 is 20.7 Å². The minimum absolute atomic E-state index is 0.106. The highest BCUT2D eigenvalue weighted by atomic mass is 32.2. The van der Waals surface area contributed by atoms with Gasteiger partial charge in [0, 0.05) is 17.3 Å². The molecule has 140 valence electrons. The van der Waals surface area contributed by atoms with Gasteiger partial charge in [-0.1, -0.05) is 30.4 Å². The molecule has 2 aromatic carbocycles. The Morgan fingerprint density at radius 2 is 1.93 bits per heavy atom. The van der Waals surface area contributed by atoms with Crippen molar-refractivity contribution < 1.29 is 17.6 Å².